The molecule has 3 heteroatoms. The van der Waals surface area contributed by atoms with Crippen LogP contribution in [0.2, 0.25) is 0 Å². The predicted molar refractivity (Wildman–Crippen MR) is 56.7 cm³/mol. The van der Waals surface area contributed by atoms with Gasteiger partial charge >= 0.3 is 0 Å². The molecule has 1 saturated carbocycles. The molecule has 1 aromatic rings. The fourth-order valence-electron chi connectivity index (χ4n) is 1.58. The van der Waals surface area contributed by atoms with Crippen molar-refractivity contribution in [2.45, 2.75) is 19.3 Å². The van der Waals surface area contributed by atoms with Crippen LogP contribution in [0.4, 0.5) is 0 Å². The van der Waals surface area contributed by atoms with Gasteiger partial charge in [0.25, 0.3) is 0 Å². The summed E-state index contributed by atoms with van der Waals surface area (Å²) in [6.07, 6.45) is 1.29. The lowest BCUT2D eigenvalue weighted by molar-refractivity contribution is 0.814. The Morgan fingerprint density at radius 1 is 1.75 bits per heavy atom. The van der Waals surface area contributed by atoms with E-state index in [1.54, 1.807) is 0 Å². The molecule has 2 N–H and O–H groups in total. The van der Waals surface area contributed by atoms with Crippen LogP contribution >= 0.6 is 27.3 Å². The monoisotopic (exact) mass is 245 g/mol. The van der Waals surface area contributed by atoms with Gasteiger partial charge in [-0.1, -0.05) is 0 Å². The summed E-state index contributed by atoms with van der Waals surface area (Å²) < 4.78 is 1.28. The molecule has 0 radical (unpaired) electrons. The number of thiophene rings is 1. The highest BCUT2D eigenvalue weighted by Crippen LogP contribution is 2.51. The van der Waals surface area contributed by atoms with Gasteiger partial charge in [-0.25, -0.2) is 0 Å². The molecule has 0 spiro atoms. The van der Waals surface area contributed by atoms with Crippen molar-refractivity contribution in [3.63, 3.8) is 0 Å². The van der Waals surface area contributed by atoms with Crippen LogP contribution in [0, 0.1) is 12.8 Å². The Labute approximate surface area is 85.1 Å². The summed E-state index contributed by atoms with van der Waals surface area (Å²) in [6, 6.07) is 2.20. The van der Waals surface area contributed by atoms with Crippen LogP contribution in [-0.2, 0) is 0 Å². The van der Waals surface area contributed by atoms with Crippen molar-refractivity contribution < 1.29 is 0 Å². The number of hydrogen-bond donors (Lipinski definition) is 1. The maximum absolute atomic E-state index is 5.61. The minimum absolute atomic E-state index is 0.749. The van der Waals surface area contributed by atoms with Gasteiger partial charge in [0.15, 0.2) is 0 Å². The van der Waals surface area contributed by atoms with Crippen molar-refractivity contribution in [1.82, 2.24) is 0 Å². The molecule has 0 amide bonds. The third-order valence-electron chi connectivity index (χ3n) is 2.40. The smallest absolute Gasteiger partial charge is 0.0320 e. The number of aryl methyl sites for hydroxylation is 1. The zero-order valence-corrected chi connectivity index (χ0v) is 9.41. The minimum Gasteiger partial charge on any atom is -0.330 e. The molecule has 1 aromatic heterocycles. The van der Waals surface area contributed by atoms with Gasteiger partial charge in [0.2, 0.25) is 0 Å². The first-order valence-electron chi connectivity index (χ1n) is 4.18. The van der Waals surface area contributed by atoms with E-state index in [0.29, 0.717) is 0 Å². The Morgan fingerprint density at radius 3 is 2.92 bits per heavy atom. The van der Waals surface area contributed by atoms with Crippen molar-refractivity contribution in [3.05, 3.63) is 20.3 Å². The van der Waals surface area contributed by atoms with E-state index < -0.39 is 0 Å². The summed E-state index contributed by atoms with van der Waals surface area (Å²) in [5.41, 5.74) is 5.61. The van der Waals surface area contributed by atoms with Gasteiger partial charge in [0.1, 0.15) is 0 Å². The molecule has 0 aliphatic heterocycles. The van der Waals surface area contributed by atoms with E-state index in [2.05, 4.69) is 28.9 Å². The van der Waals surface area contributed by atoms with Crippen molar-refractivity contribution >= 4 is 27.3 Å². The Kier molecular flexibility index (Phi) is 2.27. The third-order valence-corrected chi connectivity index (χ3v) is 4.50. The van der Waals surface area contributed by atoms with Gasteiger partial charge in [-0.15, -0.1) is 11.3 Å². The third kappa shape index (κ3) is 1.45. The largest absolute Gasteiger partial charge is 0.330 e. The van der Waals surface area contributed by atoms with Crippen LogP contribution in [0.15, 0.2) is 10.5 Å². The second kappa shape index (κ2) is 3.13. The molecule has 2 rings (SSSR count). The van der Waals surface area contributed by atoms with E-state index >= 15 is 0 Å². The van der Waals surface area contributed by atoms with Gasteiger partial charge in [-0.2, -0.15) is 0 Å². The zero-order valence-electron chi connectivity index (χ0n) is 7.01. The molecule has 1 nitrogen and oxygen atoms in total. The van der Waals surface area contributed by atoms with Gasteiger partial charge < -0.3 is 5.73 Å². The second-order valence-corrected chi connectivity index (χ2v) is 5.55. The van der Waals surface area contributed by atoms with Crippen LogP contribution in [0.3, 0.4) is 0 Å². The van der Waals surface area contributed by atoms with Crippen molar-refractivity contribution in [1.29, 1.82) is 0 Å². The van der Waals surface area contributed by atoms with Gasteiger partial charge in [-0.05, 0) is 53.7 Å². The highest BCUT2D eigenvalue weighted by atomic mass is 79.9. The first kappa shape index (κ1) is 8.73. The summed E-state index contributed by atoms with van der Waals surface area (Å²) >= 11 is 5.49. The summed E-state index contributed by atoms with van der Waals surface area (Å²) in [4.78, 5) is 2.89. The first-order valence-corrected chi connectivity index (χ1v) is 5.79. The first-order chi connectivity index (χ1) is 5.72. The fourth-order valence-corrected chi connectivity index (χ4v) is 3.74. The molecule has 1 heterocycles. The molecule has 1 aliphatic rings. The lowest BCUT2D eigenvalue weighted by Crippen LogP contribution is -2.01. The average molecular weight is 246 g/mol. The standard InChI is InChI=1S/C9H12BrNS/c1-5-2-8(10)9(12-5)7-3-6(7)4-11/h2,6-7H,3-4,11H2,1H3. The van der Waals surface area contributed by atoms with E-state index in [1.807, 2.05) is 11.3 Å². The van der Waals surface area contributed by atoms with E-state index in [1.165, 1.54) is 20.6 Å². The quantitative estimate of drug-likeness (QED) is 0.853. The van der Waals surface area contributed by atoms with Crippen LogP contribution < -0.4 is 5.73 Å². The summed E-state index contributed by atoms with van der Waals surface area (Å²) in [5, 5.41) is 0. The van der Waals surface area contributed by atoms with Crippen LogP contribution in [0.1, 0.15) is 22.1 Å². The lowest BCUT2D eigenvalue weighted by Gasteiger charge is -1.93. The van der Waals surface area contributed by atoms with E-state index in [4.69, 9.17) is 5.73 Å². The van der Waals surface area contributed by atoms with Gasteiger partial charge in [0, 0.05) is 14.2 Å². The summed E-state index contributed by atoms with van der Waals surface area (Å²) in [7, 11) is 0. The number of rotatable bonds is 2. The van der Waals surface area contributed by atoms with Crippen molar-refractivity contribution in [3.8, 4) is 0 Å². The van der Waals surface area contributed by atoms with Crippen LogP contribution in [-0.4, -0.2) is 6.54 Å². The number of halogens is 1. The lowest BCUT2D eigenvalue weighted by atomic mass is 10.2. The Balaban J connectivity index is 2.19. The molecule has 66 valence electrons. The van der Waals surface area contributed by atoms with E-state index in [0.717, 1.165) is 18.4 Å². The SMILES string of the molecule is Cc1cc(Br)c(C2CC2CN)s1. The Morgan fingerprint density at radius 2 is 2.50 bits per heavy atom. The number of hydrogen-bond acceptors (Lipinski definition) is 2. The highest BCUT2D eigenvalue weighted by molar-refractivity contribution is 9.10. The summed E-state index contributed by atoms with van der Waals surface area (Å²) in [6.45, 7) is 2.99. The molecule has 0 aromatic carbocycles. The molecular weight excluding hydrogens is 234 g/mol. The molecular formula is C9H12BrNS. The molecule has 12 heavy (non-hydrogen) atoms. The van der Waals surface area contributed by atoms with Crippen molar-refractivity contribution in [2.75, 3.05) is 6.54 Å². The maximum atomic E-state index is 5.61. The molecule has 2 atom stereocenters. The van der Waals surface area contributed by atoms with E-state index in [-0.39, 0.29) is 0 Å². The molecule has 0 bridgehead atoms. The second-order valence-electron chi connectivity index (χ2n) is 3.41. The zero-order chi connectivity index (χ0) is 8.72. The molecule has 2 unspecified atom stereocenters. The fraction of sp³-hybridized carbons (Fsp3) is 0.556. The summed E-state index contributed by atoms with van der Waals surface area (Å²) in [5.74, 6) is 1.50. The molecule has 1 aliphatic carbocycles. The Hall–Kier alpha value is 0.140. The van der Waals surface area contributed by atoms with Crippen molar-refractivity contribution in [2.24, 2.45) is 11.7 Å². The van der Waals surface area contributed by atoms with Crippen LogP contribution in [0.25, 0.3) is 0 Å². The highest BCUT2D eigenvalue weighted by Gasteiger charge is 2.39. The van der Waals surface area contributed by atoms with Gasteiger partial charge in [-0.3, -0.25) is 0 Å². The minimum atomic E-state index is 0.749. The maximum Gasteiger partial charge on any atom is 0.0320 e. The normalized spacial score (nSPS) is 27.6. The molecule has 0 saturated heterocycles. The predicted octanol–water partition coefficient (Wildman–Crippen LogP) is 2.88. The van der Waals surface area contributed by atoms with E-state index in [9.17, 15) is 0 Å². The Bertz CT molecular complexity index is 295. The number of nitrogens with two attached hydrogens (primary N) is 1. The molecule has 1 fully saturated rings. The topological polar surface area (TPSA) is 26.0 Å². The van der Waals surface area contributed by atoms with Crippen LogP contribution in [0.5, 0.6) is 0 Å². The van der Waals surface area contributed by atoms with Gasteiger partial charge in [0.05, 0.1) is 0 Å². The average Bonchev–Trinajstić information content (AvgIpc) is 2.72.